The number of nitrogens with one attached hydrogen (secondary N) is 1. The molecule has 1 N–H and O–H groups in total. The number of thiazole rings is 1. The molecule has 0 unspecified atom stereocenters. The first-order chi connectivity index (χ1) is 10.8. The minimum atomic E-state index is 0.723. The number of benzene rings is 2. The van der Waals surface area contributed by atoms with E-state index >= 15 is 0 Å². The van der Waals surface area contributed by atoms with E-state index < -0.39 is 0 Å². The number of methoxy groups -OCH3 is 2. The van der Waals surface area contributed by atoms with E-state index in [0.29, 0.717) is 0 Å². The number of rotatable bonds is 5. The van der Waals surface area contributed by atoms with E-state index in [2.05, 4.69) is 15.5 Å². The van der Waals surface area contributed by atoms with E-state index in [1.165, 1.54) is 0 Å². The van der Waals surface area contributed by atoms with Crippen molar-refractivity contribution in [3.63, 3.8) is 0 Å². The third-order valence-corrected chi connectivity index (χ3v) is 3.98. The molecule has 3 rings (SSSR count). The summed E-state index contributed by atoms with van der Waals surface area (Å²) in [5.41, 5.74) is 4.80. The number of anilines is 1. The zero-order valence-corrected chi connectivity index (χ0v) is 13.1. The summed E-state index contributed by atoms with van der Waals surface area (Å²) in [7, 11) is 3.24. The van der Waals surface area contributed by atoms with Gasteiger partial charge >= 0.3 is 0 Å². The van der Waals surface area contributed by atoms with Crippen LogP contribution in [0.4, 0.5) is 5.13 Å². The van der Waals surface area contributed by atoms with Gasteiger partial charge in [-0.3, -0.25) is 5.43 Å². The van der Waals surface area contributed by atoms with Gasteiger partial charge in [0.15, 0.2) is 0 Å². The summed E-state index contributed by atoms with van der Waals surface area (Å²) in [4.78, 5) is 4.46. The molecule has 0 saturated heterocycles. The quantitative estimate of drug-likeness (QED) is 0.575. The van der Waals surface area contributed by atoms with Crippen molar-refractivity contribution in [2.24, 2.45) is 5.10 Å². The number of nitrogens with zero attached hydrogens (tertiary/aromatic N) is 2. The zero-order valence-electron chi connectivity index (χ0n) is 12.2. The fourth-order valence-corrected chi connectivity index (χ4v) is 2.80. The predicted molar refractivity (Wildman–Crippen MR) is 90.4 cm³/mol. The first kappa shape index (κ1) is 14.3. The lowest BCUT2D eigenvalue weighted by molar-refractivity contribution is 0.394. The molecule has 0 spiro atoms. The molecule has 0 saturated carbocycles. The number of hydrazone groups is 1. The largest absolute Gasteiger partial charge is 0.497 e. The maximum Gasteiger partial charge on any atom is 0.204 e. The van der Waals surface area contributed by atoms with Gasteiger partial charge < -0.3 is 9.47 Å². The Bertz CT molecular complexity index is 759. The molecule has 0 amide bonds. The summed E-state index contributed by atoms with van der Waals surface area (Å²) in [6.45, 7) is 0. The lowest BCUT2D eigenvalue weighted by atomic mass is 10.2. The Labute approximate surface area is 132 Å². The second-order valence-corrected chi connectivity index (χ2v) is 5.53. The summed E-state index contributed by atoms with van der Waals surface area (Å²) in [5.74, 6) is 1.45. The normalized spacial score (nSPS) is 11.0. The second kappa shape index (κ2) is 6.44. The van der Waals surface area contributed by atoms with Crippen molar-refractivity contribution in [1.29, 1.82) is 0 Å². The lowest BCUT2D eigenvalue weighted by Crippen LogP contribution is -1.93. The summed E-state index contributed by atoms with van der Waals surface area (Å²) >= 11 is 1.56. The van der Waals surface area contributed by atoms with Crippen LogP contribution < -0.4 is 14.9 Å². The summed E-state index contributed by atoms with van der Waals surface area (Å²) in [6, 6.07) is 13.6. The minimum absolute atomic E-state index is 0.723. The molecule has 6 heteroatoms. The van der Waals surface area contributed by atoms with Gasteiger partial charge in [-0.2, -0.15) is 5.10 Å². The Morgan fingerprint density at radius 2 is 1.82 bits per heavy atom. The zero-order chi connectivity index (χ0) is 15.4. The molecule has 0 aliphatic rings. The van der Waals surface area contributed by atoms with Crippen molar-refractivity contribution in [2.75, 3.05) is 19.6 Å². The SMILES string of the molecule is COc1cc(C=NNc2nc3ccccc3s2)cc(OC)c1. The maximum absolute atomic E-state index is 5.23. The molecule has 2 aromatic carbocycles. The van der Waals surface area contributed by atoms with E-state index in [4.69, 9.17) is 9.47 Å². The van der Waals surface area contributed by atoms with Crippen LogP contribution in [0.2, 0.25) is 0 Å². The van der Waals surface area contributed by atoms with Gasteiger partial charge in [-0.15, -0.1) is 0 Å². The van der Waals surface area contributed by atoms with E-state index in [0.717, 1.165) is 32.4 Å². The fraction of sp³-hybridized carbons (Fsp3) is 0.125. The Morgan fingerprint density at radius 1 is 1.09 bits per heavy atom. The van der Waals surface area contributed by atoms with E-state index in [1.54, 1.807) is 31.8 Å². The summed E-state index contributed by atoms with van der Waals surface area (Å²) in [5, 5.41) is 4.98. The third-order valence-electron chi connectivity index (χ3n) is 3.04. The van der Waals surface area contributed by atoms with Crippen molar-refractivity contribution >= 4 is 32.9 Å². The first-order valence-electron chi connectivity index (χ1n) is 6.66. The lowest BCUT2D eigenvalue weighted by Gasteiger charge is -2.05. The van der Waals surface area contributed by atoms with Crippen LogP contribution in [0.25, 0.3) is 10.2 Å². The first-order valence-corrected chi connectivity index (χ1v) is 7.48. The number of hydrogen-bond donors (Lipinski definition) is 1. The van der Waals surface area contributed by atoms with Crippen molar-refractivity contribution in [3.8, 4) is 11.5 Å². The number of aromatic nitrogens is 1. The average molecular weight is 313 g/mol. The second-order valence-electron chi connectivity index (χ2n) is 4.50. The van der Waals surface area contributed by atoms with Crippen molar-refractivity contribution < 1.29 is 9.47 Å². The Kier molecular flexibility index (Phi) is 4.20. The van der Waals surface area contributed by atoms with Gasteiger partial charge in [0.2, 0.25) is 5.13 Å². The molecule has 5 nitrogen and oxygen atoms in total. The molecule has 22 heavy (non-hydrogen) atoms. The van der Waals surface area contributed by atoms with Crippen LogP contribution in [0.5, 0.6) is 11.5 Å². The molecule has 1 aromatic heterocycles. The van der Waals surface area contributed by atoms with Crippen LogP contribution >= 0.6 is 11.3 Å². The fourth-order valence-electron chi connectivity index (χ4n) is 1.99. The van der Waals surface area contributed by atoms with E-state index in [9.17, 15) is 0 Å². The monoisotopic (exact) mass is 313 g/mol. The summed E-state index contributed by atoms with van der Waals surface area (Å²) in [6.07, 6.45) is 1.71. The predicted octanol–water partition coefficient (Wildman–Crippen LogP) is 3.76. The molecule has 0 aliphatic carbocycles. The third kappa shape index (κ3) is 3.17. The van der Waals surface area contributed by atoms with Gasteiger partial charge in [0, 0.05) is 11.6 Å². The highest BCUT2D eigenvalue weighted by atomic mass is 32.1. The molecular weight excluding hydrogens is 298 g/mol. The number of para-hydroxylation sites is 1. The topological polar surface area (TPSA) is 55.7 Å². The molecule has 3 aromatic rings. The van der Waals surface area contributed by atoms with Crippen LogP contribution in [-0.2, 0) is 0 Å². The van der Waals surface area contributed by atoms with Gasteiger partial charge in [0.25, 0.3) is 0 Å². The van der Waals surface area contributed by atoms with Gasteiger partial charge in [0.05, 0.1) is 30.7 Å². The van der Waals surface area contributed by atoms with Gasteiger partial charge in [-0.1, -0.05) is 23.5 Å². The van der Waals surface area contributed by atoms with Crippen molar-refractivity contribution in [1.82, 2.24) is 4.98 Å². The van der Waals surface area contributed by atoms with Crippen molar-refractivity contribution in [3.05, 3.63) is 48.0 Å². The molecule has 0 atom stereocenters. The molecule has 0 fully saturated rings. The molecule has 0 radical (unpaired) electrons. The van der Waals surface area contributed by atoms with Crippen LogP contribution in [0.1, 0.15) is 5.56 Å². The number of fused-ring (bicyclic) bond motifs is 1. The highest BCUT2D eigenvalue weighted by Crippen LogP contribution is 2.25. The Balaban J connectivity index is 1.76. The highest BCUT2D eigenvalue weighted by molar-refractivity contribution is 7.22. The number of hydrogen-bond acceptors (Lipinski definition) is 6. The molecule has 0 bridgehead atoms. The standard InChI is InChI=1S/C16H15N3O2S/c1-20-12-7-11(8-13(9-12)21-2)10-17-19-16-18-14-5-3-4-6-15(14)22-16/h3-10H,1-2H3,(H,18,19). The van der Waals surface area contributed by atoms with Gasteiger partial charge in [-0.05, 0) is 24.3 Å². The van der Waals surface area contributed by atoms with Crippen LogP contribution in [0.3, 0.4) is 0 Å². The molecule has 0 aliphatic heterocycles. The highest BCUT2D eigenvalue weighted by Gasteiger charge is 2.02. The average Bonchev–Trinajstić information content (AvgIpc) is 2.97. The molecular formula is C16H15N3O2S. The minimum Gasteiger partial charge on any atom is -0.497 e. The molecule has 112 valence electrons. The van der Waals surface area contributed by atoms with Crippen LogP contribution in [0.15, 0.2) is 47.6 Å². The van der Waals surface area contributed by atoms with Gasteiger partial charge in [0.1, 0.15) is 11.5 Å². The summed E-state index contributed by atoms with van der Waals surface area (Å²) < 4.78 is 11.6. The van der Waals surface area contributed by atoms with Gasteiger partial charge in [-0.25, -0.2) is 4.98 Å². The molecule has 1 heterocycles. The Hall–Kier alpha value is -2.60. The smallest absolute Gasteiger partial charge is 0.204 e. The van der Waals surface area contributed by atoms with E-state index in [-0.39, 0.29) is 0 Å². The van der Waals surface area contributed by atoms with E-state index in [1.807, 2.05) is 42.5 Å². The number of ether oxygens (including phenoxy) is 2. The van der Waals surface area contributed by atoms with Crippen LogP contribution in [0, 0.1) is 0 Å². The van der Waals surface area contributed by atoms with Crippen molar-refractivity contribution in [2.45, 2.75) is 0 Å². The van der Waals surface area contributed by atoms with Crippen LogP contribution in [-0.4, -0.2) is 25.4 Å². The Morgan fingerprint density at radius 3 is 2.50 bits per heavy atom. The maximum atomic E-state index is 5.23.